The van der Waals surface area contributed by atoms with Crippen molar-refractivity contribution in [2.24, 2.45) is 0 Å². The molecular formula is C16H18BrN3O. The maximum Gasteiger partial charge on any atom is 0.274 e. The third-order valence-corrected chi connectivity index (χ3v) is 3.67. The van der Waals surface area contributed by atoms with E-state index in [0.717, 1.165) is 35.2 Å². The first kappa shape index (κ1) is 15.5. The van der Waals surface area contributed by atoms with Gasteiger partial charge in [0.05, 0.1) is 17.6 Å². The number of anilines is 2. The Balaban J connectivity index is 1.98. The number of carbonyl (C=O) groups excluding carboxylic acids is 1. The van der Waals surface area contributed by atoms with Gasteiger partial charge in [0.15, 0.2) is 0 Å². The Labute approximate surface area is 133 Å². The van der Waals surface area contributed by atoms with Crippen LogP contribution in [0.4, 0.5) is 11.4 Å². The van der Waals surface area contributed by atoms with Crippen LogP contribution >= 0.6 is 15.9 Å². The number of amides is 1. The van der Waals surface area contributed by atoms with E-state index in [1.165, 1.54) is 0 Å². The predicted molar refractivity (Wildman–Crippen MR) is 89.7 cm³/mol. The number of unbranched alkanes of at least 4 members (excludes halogenated alkanes) is 1. The molecule has 0 saturated carbocycles. The highest BCUT2D eigenvalue weighted by Gasteiger charge is 2.09. The summed E-state index contributed by atoms with van der Waals surface area (Å²) in [6.07, 6.45) is 3.95. The van der Waals surface area contributed by atoms with Crippen molar-refractivity contribution < 1.29 is 4.79 Å². The molecule has 0 aliphatic heterocycles. The van der Waals surface area contributed by atoms with Crippen molar-refractivity contribution in [2.45, 2.75) is 19.8 Å². The van der Waals surface area contributed by atoms with E-state index in [1.807, 2.05) is 30.3 Å². The second-order valence-corrected chi connectivity index (χ2v) is 5.50. The minimum Gasteiger partial charge on any atom is -0.384 e. The number of nitrogens with zero attached hydrogens (tertiary/aromatic N) is 1. The molecular weight excluding hydrogens is 330 g/mol. The zero-order valence-corrected chi connectivity index (χ0v) is 13.5. The molecule has 1 aromatic carbocycles. The van der Waals surface area contributed by atoms with Crippen LogP contribution in [0.3, 0.4) is 0 Å². The second-order valence-electron chi connectivity index (χ2n) is 4.65. The van der Waals surface area contributed by atoms with Gasteiger partial charge in [-0.25, -0.2) is 4.98 Å². The summed E-state index contributed by atoms with van der Waals surface area (Å²) in [7, 11) is 0. The van der Waals surface area contributed by atoms with Gasteiger partial charge in [0, 0.05) is 11.0 Å². The summed E-state index contributed by atoms with van der Waals surface area (Å²) in [6.45, 7) is 3.07. The van der Waals surface area contributed by atoms with E-state index in [0.29, 0.717) is 5.69 Å². The average Bonchev–Trinajstić information content (AvgIpc) is 2.50. The lowest BCUT2D eigenvalue weighted by Gasteiger charge is -2.08. The molecule has 0 saturated heterocycles. The summed E-state index contributed by atoms with van der Waals surface area (Å²) in [5, 5.41) is 6.10. The fraction of sp³-hybridized carbons (Fsp3) is 0.250. The number of hydrogen-bond donors (Lipinski definition) is 2. The molecule has 1 aromatic heterocycles. The van der Waals surface area contributed by atoms with Gasteiger partial charge in [-0.05, 0) is 46.6 Å². The lowest BCUT2D eigenvalue weighted by molar-refractivity contribution is 0.102. The molecule has 0 fully saturated rings. The number of carbonyl (C=O) groups is 1. The predicted octanol–water partition coefficient (Wildman–Crippen LogP) is 4.31. The van der Waals surface area contributed by atoms with E-state index in [2.05, 4.69) is 38.5 Å². The first-order valence-corrected chi connectivity index (χ1v) is 7.76. The van der Waals surface area contributed by atoms with E-state index in [4.69, 9.17) is 0 Å². The summed E-state index contributed by atoms with van der Waals surface area (Å²) in [6, 6.07) is 11.1. The van der Waals surface area contributed by atoms with E-state index in [1.54, 1.807) is 12.3 Å². The molecule has 0 bridgehead atoms. The molecule has 4 nitrogen and oxygen atoms in total. The molecule has 1 heterocycles. The van der Waals surface area contributed by atoms with Crippen LogP contribution < -0.4 is 10.6 Å². The van der Waals surface area contributed by atoms with Crippen LogP contribution in [-0.2, 0) is 0 Å². The minimum absolute atomic E-state index is 0.220. The van der Waals surface area contributed by atoms with Crippen molar-refractivity contribution in [2.75, 3.05) is 17.2 Å². The maximum atomic E-state index is 12.1. The van der Waals surface area contributed by atoms with E-state index >= 15 is 0 Å². The largest absolute Gasteiger partial charge is 0.384 e. The zero-order valence-electron chi connectivity index (χ0n) is 11.9. The molecule has 0 atom stereocenters. The van der Waals surface area contributed by atoms with Crippen molar-refractivity contribution in [3.05, 3.63) is 52.8 Å². The molecule has 0 spiro atoms. The standard InChI is InChI=1S/C16H18BrN3O/c1-2-3-10-18-12-8-9-15(19-11-12)16(21)20-14-7-5-4-6-13(14)17/h4-9,11,18H,2-3,10H2,1H3,(H,20,21). The molecule has 0 unspecified atom stereocenters. The highest BCUT2D eigenvalue weighted by molar-refractivity contribution is 9.10. The van der Waals surface area contributed by atoms with Crippen LogP contribution in [0, 0.1) is 0 Å². The summed E-state index contributed by atoms with van der Waals surface area (Å²) in [4.78, 5) is 16.3. The first-order chi connectivity index (χ1) is 10.2. The minimum atomic E-state index is -0.220. The Bertz CT molecular complexity index is 599. The number of hydrogen-bond acceptors (Lipinski definition) is 3. The molecule has 0 aliphatic carbocycles. The van der Waals surface area contributed by atoms with Gasteiger partial charge < -0.3 is 10.6 Å². The van der Waals surface area contributed by atoms with Crippen LogP contribution in [-0.4, -0.2) is 17.4 Å². The van der Waals surface area contributed by atoms with Crippen molar-refractivity contribution >= 4 is 33.2 Å². The summed E-state index contributed by atoms with van der Waals surface area (Å²) < 4.78 is 0.844. The van der Waals surface area contributed by atoms with E-state index in [-0.39, 0.29) is 5.91 Å². The lowest BCUT2D eigenvalue weighted by Crippen LogP contribution is -2.14. The number of pyridine rings is 1. The van der Waals surface area contributed by atoms with Crippen molar-refractivity contribution in [1.29, 1.82) is 0 Å². The van der Waals surface area contributed by atoms with E-state index in [9.17, 15) is 4.79 Å². The van der Waals surface area contributed by atoms with Crippen molar-refractivity contribution in [3.63, 3.8) is 0 Å². The Morgan fingerprint density at radius 2 is 2.05 bits per heavy atom. The maximum absolute atomic E-state index is 12.1. The third-order valence-electron chi connectivity index (χ3n) is 2.98. The summed E-state index contributed by atoms with van der Waals surface area (Å²) >= 11 is 3.40. The molecule has 21 heavy (non-hydrogen) atoms. The van der Waals surface area contributed by atoms with Crippen LogP contribution in [0.25, 0.3) is 0 Å². The van der Waals surface area contributed by atoms with Crippen LogP contribution in [0.1, 0.15) is 30.3 Å². The lowest BCUT2D eigenvalue weighted by atomic mass is 10.2. The van der Waals surface area contributed by atoms with Gasteiger partial charge in [0.1, 0.15) is 5.69 Å². The molecule has 2 rings (SSSR count). The number of para-hydroxylation sites is 1. The fourth-order valence-electron chi connectivity index (χ4n) is 1.79. The Morgan fingerprint density at radius 1 is 1.24 bits per heavy atom. The molecule has 110 valence electrons. The van der Waals surface area contributed by atoms with Crippen LogP contribution in [0.5, 0.6) is 0 Å². The Hall–Kier alpha value is -1.88. The average molecular weight is 348 g/mol. The van der Waals surface area contributed by atoms with Crippen LogP contribution in [0.15, 0.2) is 47.1 Å². The Kier molecular flexibility index (Phi) is 5.75. The highest BCUT2D eigenvalue weighted by Crippen LogP contribution is 2.21. The smallest absolute Gasteiger partial charge is 0.274 e. The third kappa shape index (κ3) is 4.56. The molecule has 1 amide bonds. The monoisotopic (exact) mass is 347 g/mol. The van der Waals surface area contributed by atoms with Gasteiger partial charge in [0.25, 0.3) is 5.91 Å². The van der Waals surface area contributed by atoms with Gasteiger partial charge in [-0.1, -0.05) is 25.5 Å². The number of aromatic nitrogens is 1. The Morgan fingerprint density at radius 3 is 2.71 bits per heavy atom. The van der Waals surface area contributed by atoms with Crippen molar-refractivity contribution in [1.82, 2.24) is 4.98 Å². The molecule has 2 aromatic rings. The van der Waals surface area contributed by atoms with Gasteiger partial charge in [-0.3, -0.25) is 4.79 Å². The van der Waals surface area contributed by atoms with Gasteiger partial charge >= 0.3 is 0 Å². The van der Waals surface area contributed by atoms with Crippen LogP contribution in [0.2, 0.25) is 0 Å². The normalized spacial score (nSPS) is 10.2. The molecule has 5 heteroatoms. The second kappa shape index (κ2) is 7.78. The topological polar surface area (TPSA) is 54.0 Å². The van der Waals surface area contributed by atoms with Crippen molar-refractivity contribution in [3.8, 4) is 0 Å². The van der Waals surface area contributed by atoms with Gasteiger partial charge in [0.2, 0.25) is 0 Å². The van der Waals surface area contributed by atoms with Gasteiger partial charge in [-0.2, -0.15) is 0 Å². The highest BCUT2D eigenvalue weighted by atomic mass is 79.9. The molecule has 0 radical (unpaired) electrons. The van der Waals surface area contributed by atoms with Gasteiger partial charge in [-0.15, -0.1) is 0 Å². The SMILES string of the molecule is CCCCNc1ccc(C(=O)Nc2ccccc2Br)nc1. The van der Waals surface area contributed by atoms with E-state index < -0.39 is 0 Å². The summed E-state index contributed by atoms with van der Waals surface area (Å²) in [5.74, 6) is -0.220. The number of rotatable bonds is 6. The molecule has 2 N–H and O–H groups in total. The summed E-state index contributed by atoms with van der Waals surface area (Å²) in [5.41, 5.74) is 2.06. The number of benzene rings is 1. The fourth-order valence-corrected chi connectivity index (χ4v) is 2.18. The molecule has 0 aliphatic rings. The number of nitrogens with one attached hydrogen (secondary N) is 2. The number of halogens is 1. The first-order valence-electron chi connectivity index (χ1n) is 6.96. The quantitative estimate of drug-likeness (QED) is 0.765. The zero-order chi connectivity index (χ0) is 15.1.